The highest BCUT2D eigenvalue weighted by molar-refractivity contribution is 4.70. The van der Waals surface area contributed by atoms with Crippen molar-refractivity contribution < 1.29 is 9.47 Å². The summed E-state index contributed by atoms with van der Waals surface area (Å²) in [5.41, 5.74) is 0. The number of hydrogen-bond donors (Lipinski definition) is 0. The van der Waals surface area contributed by atoms with Gasteiger partial charge in [0, 0.05) is 12.3 Å². The van der Waals surface area contributed by atoms with E-state index < -0.39 is 0 Å². The zero-order valence-corrected chi connectivity index (χ0v) is 13.7. The first-order valence-corrected chi connectivity index (χ1v) is 8.19. The van der Waals surface area contributed by atoms with Gasteiger partial charge in [0.15, 0.2) is 5.79 Å². The molecular formula is C17H34O2. The van der Waals surface area contributed by atoms with Crippen LogP contribution in [0.4, 0.5) is 0 Å². The summed E-state index contributed by atoms with van der Waals surface area (Å²) in [7, 11) is 0. The van der Waals surface area contributed by atoms with Gasteiger partial charge < -0.3 is 9.47 Å². The summed E-state index contributed by atoms with van der Waals surface area (Å²) >= 11 is 0. The largest absolute Gasteiger partial charge is 0.350 e. The SMILES string of the molecule is CC(C)CCC[C@@H](C)CCCC1(C)OCC(C)CO1. The molecular weight excluding hydrogens is 236 g/mol. The summed E-state index contributed by atoms with van der Waals surface area (Å²) in [6, 6.07) is 0. The summed E-state index contributed by atoms with van der Waals surface area (Å²) in [6.45, 7) is 13.0. The Labute approximate surface area is 120 Å². The van der Waals surface area contributed by atoms with Crippen LogP contribution in [0.15, 0.2) is 0 Å². The lowest BCUT2D eigenvalue weighted by Gasteiger charge is -2.37. The summed E-state index contributed by atoms with van der Waals surface area (Å²) < 4.78 is 11.7. The van der Waals surface area contributed by atoms with Crippen molar-refractivity contribution in [2.75, 3.05) is 13.2 Å². The number of rotatable bonds is 8. The van der Waals surface area contributed by atoms with E-state index in [1.807, 2.05) is 0 Å². The van der Waals surface area contributed by atoms with Gasteiger partial charge in [0.25, 0.3) is 0 Å². The second-order valence-electron chi connectivity index (χ2n) is 7.18. The fraction of sp³-hybridized carbons (Fsp3) is 1.00. The van der Waals surface area contributed by atoms with Gasteiger partial charge in [0.1, 0.15) is 0 Å². The molecule has 0 aromatic heterocycles. The normalized spacial score (nSPS) is 29.7. The van der Waals surface area contributed by atoms with Crippen LogP contribution in [0.25, 0.3) is 0 Å². The van der Waals surface area contributed by atoms with E-state index in [0.717, 1.165) is 31.5 Å². The summed E-state index contributed by atoms with van der Waals surface area (Å²) in [6.07, 6.45) is 7.67. The van der Waals surface area contributed by atoms with E-state index in [1.54, 1.807) is 0 Å². The Morgan fingerprint density at radius 1 is 1.00 bits per heavy atom. The van der Waals surface area contributed by atoms with Crippen LogP contribution in [-0.2, 0) is 9.47 Å². The molecule has 0 bridgehead atoms. The highest BCUT2D eigenvalue weighted by atomic mass is 16.7. The van der Waals surface area contributed by atoms with Gasteiger partial charge >= 0.3 is 0 Å². The maximum Gasteiger partial charge on any atom is 0.165 e. The van der Waals surface area contributed by atoms with Crippen molar-refractivity contribution in [1.29, 1.82) is 0 Å². The van der Waals surface area contributed by atoms with Crippen LogP contribution < -0.4 is 0 Å². The predicted octanol–water partition coefficient (Wildman–Crippen LogP) is 5.02. The average Bonchev–Trinajstić information content (AvgIpc) is 2.33. The van der Waals surface area contributed by atoms with Crippen molar-refractivity contribution in [1.82, 2.24) is 0 Å². The molecule has 0 radical (unpaired) electrons. The third-order valence-electron chi connectivity index (χ3n) is 4.15. The van der Waals surface area contributed by atoms with Gasteiger partial charge in [-0.3, -0.25) is 0 Å². The monoisotopic (exact) mass is 270 g/mol. The third-order valence-corrected chi connectivity index (χ3v) is 4.15. The maximum atomic E-state index is 5.85. The fourth-order valence-corrected chi connectivity index (χ4v) is 2.66. The molecule has 0 aromatic rings. The topological polar surface area (TPSA) is 18.5 Å². The maximum absolute atomic E-state index is 5.85. The number of hydrogen-bond acceptors (Lipinski definition) is 2. The molecule has 0 amide bonds. The van der Waals surface area contributed by atoms with E-state index in [9.17, 15) is 0 Å². The quantitative estimate of drug-likeness (QED) is 0.616. The minimum Gasteiger partial charge on any atom is -0.350 e. The summed E-state index contributed by atoms with van der Waals surface area (Å²) in [5, 5.41) is 0. The van der Waals surface area contributed by atoms with Crippen LogP contribution in [0.5, 0.6) is 0 Å². The molecule has 1 aliphatic heterocycles. The highest BCUT2D eigenvalue weighted by Gasteiger charge is 2.30. The summed E-state index contributed by atoms with van der Waals surface area (Å²) in [5.74, 6) is 1.91. The van der Waals surface area contributed by atoms with Gasteiger partial charge in [0.05, 0.1) is 13.2 Å². The molecule has 0 N–H and O–H groups in total. The number of ether oxygens (including phenoxy) is 2. The van der Waals surface area contributed by atoms with Crippen molar-refractivity contribution >= 4 is 0 Å². The van der Waals surface area contributed by atoms with Gasteiger partial charge in [-0.2, -0.15) is 0 Å². The van der Waals surface area contributed by atoms with Crippen LogP contribution in [0, 0.1) is 17.8 Å². The first-order valence-electron chi connectivity index (χ1n) is 8.19. The Hall–Kier alpha value is -0.0800. The molecule has 2 heteroatoms. The van der Waals surface area contributed by atoms with Gasteiger partial charge in [0.2, 0.25) is 0 Å². The fourth-order valence-electron chi connectivity index (χ4n) is 2.66. The van der Waals surface area contributed by atoms with Gasteiger partial charge in [-0.15, -0.1) is 0 Å². The van der Waals surface area contributed by atoms with Crippen molar-refractivity contribution in [3.63, 3.8) is 0 Å². The van der Waals surface area contributed by atoms with Crippen LogP contribution >= 0.6 is 0 Å². The Morgan fingerprint density at radius 2 is 1.58 bits per heavy atom. The van der Waals surface area contributed by atoms with E-state index >= 15 is 0 Å². The zero-order valence-electron chi connectivity index (χ0n) is 13.7. The smallest absolute Gasteiger partial charge is 0.165 e. The zero-order chi connectivity index (χ0) is 14.3. The lowest BCUT2D eigenvalue weighted by Crippen LogP contribution is -2.41. The molecule has 114 valence electrons. The molecule has 1 heterocycles. The molecule has 2 nitrogen and oxygen atoms in total. The molecule has 0 spiro atoms. The molecule has 1 rings (SSSR count). The molecule has 19 heavy (non-hydrogen) atoms. The molecule has 0 saturated carbocycles. The van der Waals surface area contributed by atoms with Gasteiger partial charge in [-0.05, 0) is 25.2 Å². The standard InChI is InChI=1S/C17H34O2/c1-14(2)8-6-9-15(3)10-7-11-17(5)18-12-16(4)13-19-17/h14-16H,6-13H2,1-5H3/t15-,16?,17?/m1/s1. The Kier molecular flexibility index (Phi) is 7.38. The van der Waals surface area contributed by atoms with Crippen LogP contribution in [-0.4, -0.2) is 19.0 Å². The van der Waals surface area contributed by atoms with Gasteiger partial charge in [-0.1, -0.05) is 53.4 Å². The minimum absolute atomic E-state index is 0.315. The minimum atomic E-state index is -0.315. The first-order chi connectivity index (χ1) is 8.91. The van der Waals surface area contributed by atoms with Gasteiger partial charge in [-0.25, -0.2) is 0 Å². The van der Waals surface area contributed by atoms with Crippen LogP contribution in [0.2, 0.25) is 0 Å². The Bertz CT molecular complexity index is 229. The second-order valence-corrected chi connectivity index (χ2v) is 7.18. The molecule has 0 aromatic carbocycles. The lowest BCUT2D eigenvalue weighted by molar-refractivity contribution is -0.274. The summed E-state index contributed by atoms with van der Waals surface area (Å²) in [4.78, 5) is 0. The van der Waals surface area contributed by atoms with E-state index in [1.165, 1.54) is 32.1 Å². The van der Waals surface area contributed by atoms with E-state index in [-0.39, 0.29) is 5.79 Å². The van der Waals surface area contributed by atoms with E-state index in [0.29, 0.717) is 5.92 Å². The van der Waals surface area contributed by atoms with Crippen LogP contribution in [0.1, 0.15) is 73.1 Å². The average molecular weight is 270 g/mol. The van der Waals surface area contributed by atoms with E-state index in [4.69, 9.17) is 9.47 Å². The third kappa shape index (κ3) is 7.31. The first kappa shape index (κ1) is 17.0. The Balaban J connectivity index is 2.09. The lowest BCUT2D eigenvalue weighted by atomic mass is 9.94. The Morgan fingerprint density at radius 3 is 2.16 bits per heavy atom. The van der Waals surface area contributed by atoms with Crippen LogP contribution in [0.3, 0.4) is 0 Å². The highest BCUT2D eigenvalue weighted by Crippen LogP contribution is 2.28. The van der Waals surface area contributed by atoms with Crippen molar-refractivity contribution in [3.8, 4) is 0 Å². The molecule has 1 fully saturated rings. The van der Waals surface area contributed by atoms with Crippen molar-refractivity contribution in [2.45, 2.75) is 78.9 Å². The predicted molar refractivity (Wildman–Crippen MR) is 81.2 cm³/mol. The van der Waals surface area contributed by atoms with E-state index in [2.05, 4.69) is 34.6 Å². The molecule has 1 aliphatic rings. The molecule has 1 saturated heterocycles. The molecule has 1 atom stereocenters. The molecule has 0 aliphatic carbocycles. The van der Waals surface area contributed by atoms with Crippen molar-refractivity contribution in [3.05, 3.63) is 0 Å². The molecule has 0 unspecified atom stereocenters. The second kappa shape index (κ2) is 8.26. The van der Waals surface area contributed by atoms with Crippen molar-refractivity contribution in [2.24, 2.45) is 17.8 Å².